The second-order valence-corrected chi connectivity index (χ2v) is 10.6. The molecule has 0 radical (unpaired) electrons. The highest BCUT2D eigenvalue weighted by Gasteiger charge is 2.26. The van der Waals surface area contributed by atoms with E-state index in [0.717, 1.165) is 41.3 Å². The summed E-state index contributed by atoms with van der Waals surface area (Å²) in [7, 11) is 0. The number of carbonyl (C=O) groups is 1. The van der Waals surface area contributed by atoms with Gasteiger partial charge >= 0.3 is 0 Å². The highest BCUT2D eigenvalue weighted by atomic mass is 35.5. The summed E-state index contributed by atoms with van der Waals surface area (Å²) in [6, 6.07) is 13.2. The number of ether oxygens (including phenoxy) is 1. The molecule has 2 aromatic heterocycles. The molecule has 5 rings (SSSR count). The molecule has 0 bridgehead atoms. The van der Waals surface area contributed by atoms with E-state index in [4.69, 9.17) is 31.4 Å². The van der Waals surface area contributed by atoms with Crippen molar-refractivity contribution in [3.8, 4) is 11.4 Å². The van der Waals surface area contributed by atoms with Crippen LogP contribution in [0.15, 0.2) is 48.5 Å². The van der Waals surface area contributed by atoms with Crippen molar-refractivity contribution in [1.82, 2.24) is 24.6 Å². The number of piperazine rings is 1. The molecule has 8 nitrogen and oxygen atoms in total. The monoisotopic (exact) mass is 550 g/mol. The summed E-state index contributed by atoms with van der Waals surface area (Å²) in [5, 5.41) is 6.25. The van der Waals surface area contributed by atoms with Crippen LogP contribution in [0.2, 0.25) is 5.02 Å². The number of halogens is 2. The van der Waals surface area contributed by atoms with Crippen molar-refractivity contribution in [3.63, 3.8) is 0 Å². The molecule has 1 amide bonds. The Kier molecular flexibility index (Phi) is 7.97. The summed E-state index contributed by atoms with van der Waals surface area (Å²) in [6.07, 6.45) is 1.71. The number of benzene rings is 2. The van der Waals surface area contributed by atoms with E-state index < -0.39 is 0 Å². The normalized spacial score (nSPS) is 13.9. The molecule has 39 heavy (non-hydrogen) atoms. The van der Waals surface area contributed by atoms with Crippen LogP contribution in [0.4, 0.5) is 10.2 Å². The first-order valence-electron chi connectivity index (χ1n) is 13.2. The predicted octanol–water partition coefficient (Wildman–Crippen LogP) is 5.23. The van der Waals surface area contributed by atoms with Crippen molar-refractivity contribution in [2.45, 2.75) is 33.6 Å². The van der Waals surface area contributed by atoms with Crippen LogP contribution in [0.1, 0.15) is 31.8 Å². The number of rotatable bonds is 8. The number of carbonyl (C=O) groups excluding carboxylic acids is 1. The lowest BCUT2D eigenvalue weighted by atomic mass is 10.1. The number of fused-ring (bicyclic) bond motifs is 1. The van der Waals surface area contributed by atoms with E-state index in [0.29, 0.717) is 48.5 Å². The first kappa shape index (κ1) is 26.9. The highest BCUT2D eigenvalue weighted by molar-refractivity contribution is 6.30. The number of aryl methyl sites for hydroxylation is 2. The molecule has 2 aromatic carbocycles. The van der Waals surface area contributed by atoms with E-state index in [1.165, 1.54) is 12.1 Å². The first-order chi connectivity index (χ1) is 18.8. The quantitative estimate of drug-likeness (QED) is 0.299. The third-order valence-corrected chi connectivity index (χ3v) is 7.11. The van der Waals surface area contributed by atoms with Gasteiger partial charge < -0.3 is 14.5 Å². The van der Waals surface area contributed by atoms with Gasteiger partial charge in [-0.2, -0.15) is 5.10 Å². The molecule has 3 heterocycles. The molecule has 0 saturated carbocycles. The lowest BCUT2D eigenvalue weighted by Crippen LogP contribution is -2.50. The molecular weight excluding hydrogens is 519 g/mol. The summed E-state index contributed by atoms with van der Waals surface area (Å²) in [5.41, 5.74) is 2.25. The average molecular weight is 551 g/mol. The zero-order valence-corrected chi connectivity index (χ0v) is 23.2. The Morgan fingerprint density at radius 1 is 1.03 bits per heavy atom. The maximum atomic E-state index is 13.6. The van der Waals surface area contributed by atoms with Gasteiger partial charge in [0.1, 0.15) is 23.2 Å². The van der Waals surface area contributed by atoms with Crippen molar-refractivity contribution in [2.75, 3.05) is 37.7 Å². The first-order valence-corrected chi connectivity index (χ1v) is 13.6. The lowest BCUT2D eigenvalue weighted by Gasteiger charge is -2.35. The molecule has 0 aliphatic carbocycles. The van der Waals surface area contributed by atoms with Crippen molar-refractivity contribution in [2.24, 2.45) is 5.92 Å². The number of hydrogen-bond acceptors (Lipinski definition) is 6. The van der Waals surface area contributed by atoms with Crippen LogP contribution in [0.25, 0.3) is 16.7 Å². The van der Waals surface area contributed by atoms with Gasteiger partial charge in [0.2, 0.25) is 0 Å². The van der Waals surface area contributed by atoms with Gasteiger partial charge in [0, 0.05) is 37.6 Å². The third kappa shape index (κ3) is 6.14. The van der Waals surface area contributed by atoms with Crippen molar-refractivity contribution >= 4 is 34.4 Å². The zero-order valence-electron chi connectivity index (χ0n) is 22.4. The maximum absolute atomic E-state index is 13.6. The Labute approximate surface area is 232 Å². The van der Waals surface area contributed by atoms with E-state index in [-0.39, 0.29) is 18.3 Å². The van der Waals surface area contributed by atoms with Crippen LogP contribution >= 0.6 is 11.6 Å². The van der Waals surface area contributed by atoms with Gasteiger partial charge in [-0.15, -0.1) is 0 Å². The van der Waals surface area contributed by atoms with Crippen molar-refractivity contribution in [1.29, 1.82) is 0 Å². The fourth-order valence-corrected chi connectivity index (χ4v) is 4.79. The number of nitrogens with zero attached hydrogens (tertiary/aromatic N) is 6. The topological polar surface area (TPSA) is 76.4 Å². The number of hydrogen-bond donors (Lipinski definition) is 0. The highest BCUT2D eigenvalue weighted by Crippen LogP contribution is 2.30. The average Bonchev–Trinajstić information content (AvgIpc) is 3.27. The number of anilines is 1. The largest absolute Gasteiger partial charge is 0.484 e. The van der Waals surface area contributed by atoms with E-state index in [1.54, 1.807) is 41.1 Å². The predicted molar refractivity (Wildman–Crippen MR) is 150 cm³/mol. The fourth-order valence-electron chi connectivity index (χ4n) is 4.66. The van der Waals surface area contributed by atoms with Crippen molar-refractivity contribution < 1.29 is 13.9 Å². The summed E-state index contributed by atoms with van der Waals surface area (Å²) in [5.74, 6) is 2.35. The molecule has 0 N–H and O–H groups in total. The molecule has 0 atom stereocenters. The molecule has 1 fully saturated rings. The number of aromatic nitrogens is 4. The van der Waals surface area contributed by atoms with Gasteiger partial charge in [-0.1, -0.05) is 25.4 Å². The van der Waals surface area contributed by atoms with Gasteiger partial charge in [0.25, 0.3) is 5.91 Å². The second kappa shape index (κ2) is 11.6. The standard InChI is InChI=1S/C29H32ClFN6O2/c1-19(2)4-13-25-32-28(27-20(3)34-37(29(27)33-25)23-9-7-22(31)8-10-23)36-16-14-35(15-17-36)26(38)18-39-24-11-5-21(30)6-12-24/h5-12,19H,4,13-18H2,1-3H3. The molecule has 204 valence electrons. The van der Waals surface area contributed by atoms with Crippen LogP contribution in [0, 0.1) is 18.7 Å². The minimum absolute atomic E-state index is 0.0255. The third-order valence-electron chi connectivity index (χ3n) is 6.85. The van der Waals surface area contributed by atoms with E-state index in [1.807, 2.05) is 11.8 Å². The van der Waals surface area contributed by atoms with Gasteiger partial charge in [-0.25, -0.2) is 19.0 Å². The summed E-state index contributed by atoms with van der Waals surface area (Å²) in [6.45, 7) is 8.65. The molecule has 1 aliphatic rings. The van der Waals surface area contributed by atoms with Gasteiger partial charge in [-0.05, 0) is 67.8 Å². The molecule has 0 unspecified atom stereocenters. The Bertz CT molecular complexity index is 1450. The molecule has 1 aliphatic heterocycles. The van der Waals surface area contributed by atoms with Gasteiger partial charge in [0.15, 0.2) is 12.3 Å². The minimum atomic E-state index is -0.300. The van der Waals surface area contributed by atoms with Crippen LogP contribution in [0.5, 0.6) is 5.75 Å². The zero-order chi connectivity index (χ0) is 27.5. The second-order valence-electron chi connectivity index (χ2n) is 10.2. The fraction of sp³-hybridized carbons (Fsp3) is 0.379. The summed E-state index contributed by atoms with van der Waals surface area (Å²) < 4.78 is 21.0. The summed E-state index contributed by atoms with van der Waals surface area (Å²) >= 11 is 5.92. The molecular formula is C29H32ClFN6O2. The van der Waals surface area contributed by atoms with E-state index >= 15 is 0 Å². The molecule has 0 spiro atoms. The molecule has 10 heteroatoms. The number of amides is 1. The van der Waals surface area contributed by atoms with Crippen molar-refractivity contribution in [3.05, 3.63) is 70.9 Å². The smallest absolute Gasteiger partial charge is 0.260 e. The summed E-state index contributed by atoms with van der Waals surface area (Å²) in [4.78, 5) is 26.7. The SMILES string of the molecule is Cc1nn(-c2ccc(F)cc2)c2nc(CCC(C)C)nc(N3CCN(C(=O)COc4ccc(Cl)cc4)CC3)c12. The van der Waals surface area contributed by atoms with Gasteiger partial charge in [0.05, 0.1) is 16.8 Å². The Morgan fingerprint density at radius 3 is 2.38 bits per heavy atom. The van der Waals surface area contributed by atoms with Crippen LogP contribution in [0.3, 0.4) is 0 Å². The Morgan fingerprint density at radius 2 is 1.72 bits per heavy atom. The van der Waals surface area contributed by atoms with Crippen LogP contribution in [-0.2, 0) is 11.2 Å². The Balaban J connectivity index is 1.37. The molecule has 4 aromatic rings. The molecule has 1 saturated heterocycles. The van der Waals surface area contributed by atoms with E-state index in [2.05, 4.69) is 18.7 Å². The minimum Gasteiger partial charge on any atom is -0.484 e. The lowest BCUT2D eigenvalue weighted by molar-refractivity contribution is -0.133. The maximum Gasteiger partial charge on any atom is 0.260 e. The Hall–Kier alpha value is -3.72. The van der Waals surface area contributed by atoms with Gasteiger partial charge in [-0.3, -0.25) is 4.79 Å². The van der Waals surface area contributed by atoms with Crippen LogP contribution in [-0.4, -0.2) is 63.3 Å². The van der Waals surface area contributed by atoms with E-state index in [9.17, 15) is 9.18 Å². The van der Waals surface area contributed by atoms with Crippen LogP contribution < -0.4 is 9.64 Å².